The van der Waals surface area contributed by atoms with Gasteiger partial charge in [-0.3, -0.25) is 9.78 Å². The highest BCUT2D eigenvalue weighted by molar-refractivity contribution is 5.92. The summed E-state index contributed by atoms with van der Waals surface area (Å²) in [7, 11) is 1.80. The van der Waals surface area contributed by atoms with Gasteiger partial charge in [0.05, 0.1) is 24.3 Å². The van der Waals surface area contributed by atoms with Gasteiger partial charge in [0.1, 0.15) is 5.69 Å². The molecule has 2 aromatic rings. The number of hydrogen-bond acceptors (Lipinski definition) is 3. The lowest BCUT2D eigenvalue weighted by Gasteiger charge is -2.16. The third kappa shape index (κ3) is 2.99. The van der Waals surface area contributed by atoms with Crippen LogP contribution in [0.1, 0.15) is 41.1 Å². The van der Waals surface area contributed by atoms with Gasteiger partial charge in [-0.1, -0.05) is 6.92 Å². The summed E-state index contributed by atoms with van der Waals surface area (Å²) in [5.41, 5.74) is 2.57. The zero-order valence-electron chi connectivity index (χ0n) is 11.4. The predicted molar refractivity (Wildman–Crippen MR) is 72.7 cm³/mol. The number of hydrogen-bond donors (Lipinski definition) is 1. The maximum absolute atomic E-state index is 12.2. The van der Waals surface area contributed by atoms with E-state index in [0.717, 1.165) is 17.7 Å². The van der Waals surface area contributed by atoms with Crippen molar-refractivity contribution in [1.82, 2.24) is 19.9 Å². The number of aryl methyl sites for hydroxylation is 2. The Balaban J connectivity index is 2.16. The highest BCUT2D eigenvalue weighted by Crippen LogP contribution is 2.15. The van der Waals surface area contributed by atoms with Crippen molar-refractivity contribution in [1.29, 1.82) is 0 Å². The number of carbonyl (C=O) groups excluding carboxylic acids is 1. The quantitative estimate of drug-likeness (QED) is 0.912. The monoisotopic (exact) mass is 258 g/mol. The van der Waals surface area contributed by atoms with Crippen molar-refractivity contribution >= 4 is 5.91 Å². The molecule has 5 heteroatoms. The summed E-state index contributed by atoms with van der Waals surface area (Å²) in [4.78, 5) is 20.4. The molecule has 0 spiro atoms. The van der Waals surface area contributed by atoms with Gasteiger partial charge in [0.15, 0.2) is 0 Å². The summed E-state index contributed by atoms with van der Waals surface area (Å²) in [5, 5.41) is 2.99. The summed E-state index contributed by atoms with van der Waals surface area (Å²) in [5.74, 6) is -0.129. The van der Waals surface area contributed by atoms with E-state index in [0.29, 0.717) is 5.69 Å². The minimum atomic E-state index is -0.129. The van der Waals surface area contributed by atoms with Gasteiger partial charge in [0.25, 0.3) is 5.91 Å². The molecule has 2 heterocycles. The van der Waals surface area contributed by atoms with Gasteiger partial charge in [0.2, 0.25) is 0 Å². The number of nitrogens with zero attached hydrogens (tertiary/aromatic N) is 3. The highest BCUT2D eigenvalue weighted by atomic mass is 16.2. The molecular weight excluding hydrogens is 240 g/mol. The van der Waals surface area contributed by atoms with Crippen molar-refractivity contribution < 1.29 is 4.79 Å². The van der Waals surface area contributed by atoms with Crippen molar-refractivity contribution in [3.8, 4) is 0 Å². The summed E-state index contributed by atoms with van der Waals surface area (Å²) < 4.78 is 1.70. The Bertz CT molecular complexity index is 576. The Morgan fingerprint density at radius 3 is 2.89 bits per heavy atom. The second-order valence-corrected chi connectivity index (χ2v) is 4.58. The summed E-state index contributed by atoms with van der Waals surface area (Å²) >= 11 is 0. The molecule has 0 fully saturated rings. The standard InChI is InChI=1S/C14H18N4O/c1-4-11(12-7-10(2)5-6-16-12)17-14(19)13-8-15-9-18(13)3/h5-9,11H,4H2,1-3H3,(H,17,19)/t11-/m0/s1. The molecule has 19 heavy (non-hydrogen) atoms. The number of amides is 1. The molecule has 5 nitrogen and oxygen atoms in total. The molecule has 0 radical (unpaired) electrons. The van der Waals surface area contributed by atoms with E-state index in [9.17, 15) is 4.79 Å². The van der Waals surface area contributed by atoms with E-state index in [1.807, 2.05) is 26.0 Å². The summed E-state index contributed by atoms with van der Waals surface area (Å²) in [6, 6.07) is 3.86. The number of rotatable bonds is 4. The number of nitrogens with one attached hydrogen (secondary N) is 1. The fraction of sp³-hybridized carbons (Fsp3) is 0.357. The summed E-state index contributed by atoms with van der Waals surface area (Å²) in [6.07, 6.45) is 5.73. The van der Waals surface area contributed by atoms with Gasteiger partial charge in [-0.15, -0.1) is 0 Å². The molecule has 2 aromatic heterocycles. The maximum atomic E-state index is 12.2. The first-order valence-corrected chi connectivity index (χ1v) is 6.31. The Labute approximate surface area is 112 Å². The lowest BCUT2D eigenvalue weighted by atomic mass is 10.1. The normalized spacial score (nSPS) is 12.2. The number of aromatic nitrogens is 3. The number of imidazole rings is 1. The molecule has 100 valence electrons. The largest absolute Gasteiger partial charge is 0.342 e. The number of pyridine rings is 1. The zero-order valence-corrected chi connectivity index (χ0v) is 11.4. The van der Waals surface area contributed by atoms with Crippen LogP contribution in [-0.2, 0) is 7.05 Å². The molecule has 1 amide bonds. The van der Waals surface area contributed by atoms with Crippen LogP contribution in [0.3, 0.4) is 0 Å². The fourth-order valence-electron chi connectivity index (χ4n) is 1.94. The third-order valence-corrected chi connectivity index (χ3v) is 3.06. The van der Waals surface area contributed by atoms with E-state index < -0.39 is 0 Å². The first kappa shape index (κ1) is 13.3. The van der Waals surface area contributed by atoms with Crippen molar-refractivity contribution in [2.24, 2.45) is 7.05 Å². The van der Waals surface area contributed by atoms with Crippen LogP contribution in [0.4, 0.5) is 0 Å². The van der Waals surface area contributed by atoms with Gasteiger partial charge >= 0.3 is 0 Å². The van der Waals surface area contributed by atoms with E-state index >= 15 is 0 Å². The third-order valence-electron chi connectivity index (χ3n) is 3.06. The van der Waals surface area contributed by atoms with Crippen molar-refractivity contribution in [3.05, 3.63) is 47.8 Å². The zero-order chi connectivity index (χ0) is 13.8. The SMILES string of the molecule is CC[C@H](NC(=O)c1cncn1C)c1cc(C)ccn1. The second kappa shape index (κ2) is 5.65. The molecule has 0 saturated heterocycles. The smallest absolute Gasteiger partial charge is 0.270 e. The molecule has 0 aliphatic heterocycles. The van der Waals surface area contributed by atoms with Crippen molar-refractivity contribution in [2.75, 3.05) is 0 Å². The lowest BCUT2D eigenvalue weighted by Crippen LogP contribution is -2.30. The first-order valence-electron chi connectivity index (χ1n) is 6.31. The fourth-order valence-corrected chi connectivity index (χ4v) is 1.94. The van der Waals surface area contributed by atoms with E-state index in [1.165, 1.54) is 0 Å². The van der Waals surface area contributed by atoms with Gasteiger partial charge < -0.3 is 9.88 Å². The number of carbonyl (C=O) groups is 1. The predicted octanol–water partition coefficient (Wildman–Crippen LogP) is 2.00. The van der Waals surface area contributed by atoms with Gasteiger partial charge in [-0.25, -0.2) is 4.98 Å². The van der Waals surface area contributed by atoms with Crippen LogP contribution in [0.2, 0.25) is 0 Å². The van der Waals surface area contributed by atoms with Crippen LogP contribution in [0, 0.1) is 6.92 Å². The molecule has 0 aliphatic carbocycles. The second-order valence-electron chi connectivity index (χ2n) is 4.58. The van der Waals surface area contributed by atoms with E-state index in [4.69, 9.17) is 0 Å². The first-order chi connectivity index (χ1) is 9.11. The molecule has 0 aromatic carbocycles. The Hall–Kier alpha value is -2.17. The summed E-state index contributed by atoms with van der Waals surface area (Å²) in [6.45, 7) is 4.04. The van der Waals surface area contributed by atoms with Crippen molar-refractivity contribution in [3.63, 3.8) is 0 Å². The Morgan fingerprint density at radius 1 is 1.53 bits per heavy atom. The minimum Gasteiger partial charge on any atom is -0.342 e. The van der Waals surface area contributed by atoms with Crippen LogP contribution in [-0.4, -0.2) is 20.4 Å². The van der Waals surface area contributed by atoms with Crippen LogP contribution < -0.4 is 5.32 Å². The van der Waals surface area contributed by atoms with Crippen LogP contribution in [0.25, 0.3) is 0 Å². The van der Waals surface area contributed by atoms with Crippen LogP contribution in [0.15, 0.2) is 30.9 Å². The highest BCUT2D eigenvalue weighted by Gasteiger charge is 2.17. The van der Waals surface area contributed by atoms with Gasteiger partial charge in [0, 0.05) is 13.2 Å². The van der Waals surface area contributed by atoms with Crippen LogP contribution >= 0.6 is 0 Å². The molecule has 0 bridgehead atoms. The lowest BCUT2D eigenvalue weighted by molar-refractivity contribution is 0.0926. The van der Waals surface area contributed by atoms with Gasteiger partial charge in [-0.05, 0) is 31.0 Å². The molecule has 0 aliphatic rings. The Kier molecular flexibility index (Phi) is 3.94. The molecule has 1 N–H and O–H groups in total. The molecule has 0 unspecified atom stereocenters. The van der Waals surface area contributed by atoms with Crippen LogP contribution in [0.5, 0.6) is 0 Å². The average Bonchev–Trinajstić information content (AvgIpc) is 2.82. The molecule has 0 saturated carbocycles. The molecule has 2 rings (SSSR count). The van der Waals surface area contributed by atoms with E-state index in [-0.39, 0.29) is 11.9 Å². The molecular formula is C14H18N4O. The average molecular weight is 258 g/mol. The van der Waals surface area contributed by atoms with Crippen molar-refractivity contribution in [2.45, 2.75) is 26.3 Å². The minimum absolute atomic E-state index is 0.0812. The Morgan fingerprint density at radius 2 is 2.32 bits per heavy atom. The van der Waals surface area contributed by atoms with E-state index in [1.54, 1.807) is 30.3 Å². The topological polar surface area (TPSA) is 59.8 Å². The maximum Gasteiger partial charge on any atom is 0.270 e. The van der Waals surface area contributed by atoms with Gasteiger partial charge in [-0.2, -0.15) is 0 Å². The van der Waals surface area contributed by atoms with E-state index in [2.05, 4.69) is 15.3 Å². The molecule has 1 atom stereocenters.